The molecule has 126 valence electrons. The molecular formula is C16H31I3OSi. The Balaban J connectivity index is 3.04. The van der Waals surface area contributed by atoms with Gasteiger partial charge in [-0.25, -0.2) is 0 Å². The molecule has 0 atom stereocenters. The SMILES string of the molecule is C=C(C)COCCCCCCCCCCCC[Si](I)(I)I. The first-order chi connectivity index (χ1) is 9.92. The molecule has 0 rings (SSSR count). The molecule has 0 aromatic heterocycles. The highest BCUT2D eigenvalue weighted by atomic mass is 127. The molecule has 0 fully saturated rings. The summed E-state index contributed by atoms with van der Waals surface area (Å²) in [5.41, 5.74) is 1.12. The highest BCUT2D eigenvalue weighted by Gasteiger charge is 2.19. The second-order valence-electron chi connectivity index (χ2n) is 5.91. The summed E-state index contributed by atoms with van der Waals surface area (Å²) in [6.07, 6.45) is 14.0. The van der Waals surface area contributed by atoms with Gasteiger partial charge in [0, 0.05) is 6.61 Å². The molecule has 0 aliphatic rings. The van der Waals surface area contributed by atoms with Crippen molar-refractivity contribution in [2.45, 2.75) is 77.2 Å². The zero-order valence-corrected chi connectivity index (χ0v) is 20.9. The predicted molar refractivity (Wildman–Crippen MR) is 124 cm³/mol. The van der Waals surface area contributed by atoms with E-state index in [1.165, 1.54) is 70.3 Å². The van der Waals surface area contributed by atoms with Crippen LogP contribution in [0.5, 0.6) is 0 Å². The maximum atomic E-state index is 5.50. The minimum absolute atomic E-state index is 0.732. The topological polar surface area (TPSA) is 9.23 Å². The quantitative estimate of drug-likeness (QED) is 0.0582. The van der Waals surface area contributed by atoms with Gasteiger partial charge in [0.2, 0.25) is 0 Å². The molecule has 0 saturated heterocycles. The van der Waals surface area contributed by atoms with Gasteiger partial charge in [0.1, 0.15) is 0 Å². The van der Waals surface area contributed by atoms with Gasteiger partial charge in [-0.3, -0.25) is 0 Å². The molecule has 0 aliphatic heterocycles. The van der Waals surface area contributed by atoms with Gasteiger partial charge < -0.3 is 4.74 Å². The maximum Gasteiger partial charge on any atom is 0.253 e. The Morgan fingerprint density at radius 2 is 1.24 bits per heavy atom. The van der Waals surface area contributed by atoms with Crippen molar-refractivity contribution in [2.24, 2.45) is 0 Å². The summed E-state index contributed by atoms with van der Waals surface area (Å²) >= 11 is 8.02. The first-order valence-electron chi connectivity index (χ1n) is 8.20. The van der Waals surface area contributed by atoms with Crippen molar-refractivity contribution >= 4 is 66.0 Å². The average molecular weight is 648 g/mol. The van der Waals surface area contributed by atoms with Crippen molar-refractivity contribution in [1.29, 1.82) is 0 Å². The van der Waals surface area contributed by atoms with Gasteiger partial charge in [-0.05, 0) is 19.4 Å². The number of rotatable bonds is 15. The van der Waals surface area contributed by atoms with Gasteiger partial charge in [-0.15, -0.1) is 0 Å². The highest BCUT2D eigenvalue weighted by molar-refractivity contribution is 14.4. The van der Waals surface area contributed by atoms with Crippen LogP contribution in [0.4, 0.5) is 0 Å². The minimum Gasteiger partial charge on any atom is -0.377 e. The largest absolute Gasteiger partial charge is 0.377 e. The molecule has 0 aromatic carbocycles. The average Bonchev–Trinajstić information content (AvgIpc) is 2.37. The van der Waals surface area contributed by atoms with Gasteiger partial charge >= 0.3 is 0 Å². The summed E-state index contributed by atoms with van der Waals surface area (Å²) in [5, 5.41) is 0. The van der Waals surface area contributed by atoms with Crippen LogP contribution in [0.1, 0.15) is 71.1 Å². The lowest BCUT2D eigenvalue weighted by molar-refractivity contribution is 0.151. The lowest BCUT2D eigenvalue weighted by Crippen LogP contribution is -2.03. The Morgan fingerprint density at radius 3 is 1.67 bits per heavy atom. The third kappa shape index (κ3) is 22.1. The summed E-state index contributed by atoms with van der Waals surface area (Å²) < 4.78 is 4.63. The van der Waals surface area contributed by atoms with Crippen molar-refractivity contribution in [3.8, 4) is 0 Å². The van der Waals surface area contributed by atoms with Crippen molar-refractivity contribution in [3.63, 3.8) is 0 Å². The van der Waals surface area contributed by atoms with E-state index < -0.39 is 0.564 Å². The van der Waals surface area contributed by atoms with E-state index in [1.807, 2.05) is 6.92 Å². The molecular weight excluding hydrogens is 617 g/mol. The Labute approximate surface area is 171 Å². The van der Waals surface area contributed by atoms with E-state index in [4.69, 9.17) is 4.74 Å². The zero-order valence-electron chi connectivity index (χ0n) is 13.4. The standard InChI is InChI=1S/C16H31I3OSi/c1-16(2)15-20-13-11-9-7-5-3-4-6-8-10-12-14-21(17,18)19/h1,3-15H2,2H3. The maximum absolute atomic E-state index is 5.50. The van der Waals surface area contributed by atoms with E-state index >= 15 is 0 Å². The number of hydrogen-bond donors (Lipinski definition) is 0. The van der Waals surface area contributed by atoms with Gasteiger partial charge in [-0.2, -0.15) is 0 Å². The van der Waals surface area contributed by atoms with Crippen LogP contribution < -0.4 is 0 Å². The van der Waals surface area contributed by atoms with Crippen LogP contribution in [0, 0.1) is 0 Å². The molecule has 0 heterocycles. The highest BCUT2D eigenvalue weighted by Crippen LogP contribution is 2.35. The first kappa shape index (κ1) is 23.1. The lowest BCUT2D eigenvalue weighted by Gasteiger charge is -2.08. The molecule has 21 heavy (non-hydrogen) atoms. The molecule has 0 saturated carbocycles. The molecule has 0 N–H and O–H groups in total. The first-order valence-corrected chi connectivity index (χ1v) is 19.8. The monoisotopic (exact) mass is 648 g/mol. The van der Waals surface area contributed by atoms with Crippen molar-refractivity contribution < 1.29 is 4.74 Å². The fourth-order valence-corrected chi connectivity index (χ4v) is 6.27. The Bertz CT molecular complexity index is 254. The van der Waals surface area contributed by atoms with E-state index in [-0.39, 0.29) is 0 Å². The van der Waals surface area contributed by atoms with Crippen LogP contribution >= 0.6 is 65.4 Å². The van der Waals surface area contributed by atoms with Gasteiger partial charge in [-0.1, -0.05) is 135 Å². The summed E-state index contributed by atoms with van der Waals surface area (Å²) in [6.45, 7) is 7.49. The third-order valence-corrected chi connectivity index (χ3v) is 9.12. The lowest BCUT2D eigenvalue weighted by atomic mass is 10.1. The van der Waals surface area contributed by atoms with E-state index in [0.29, 0.717) is 0 Å². The summed E-state index contributed by atoms with van der Waals surface area (Å²) in [5.74, 6) is 0. The molecule has 0 amide bonds. The van der Waals surface area contributed by atoms with Crippen molar-refractivity contribution in [1.82, 2.24) is 0 Å². The van der Waals surface area contributed by atoms with Crippen LogP contribution in [0.3, 0.4) is 0 Å². The summed E-state index contributed by atoms with van der Waals surface area (Å²) in [6, 6.07) is 1.47. The predicted octanol–water partition coefficient (Wildman–Crippen LogP) is 7.72. The van der Waals surface area contributed by atoms with Crippen LogP contribution in [0.25, 0.3) is 0 Å². The zero-order chi connectivity index (χ0) is 16.0. The molecule has 1 nitrogen and oxygen atoms in total. The smallest absolute Gasteiger partial charge is 0.253 e. The number of hydrogen-bond acceptors (Lipinski definition) is 1. The Morgan fingerprint density at radius 1 is 0.810 bits per heavy atom. The normalized spacial score (nSPS) is 11.8. The minimum atomic E-state index is -0.869. The van der Waals surface area contributed by atoms with E-state index in [2.05, 4.69) is 72.0 Å². The van der Waals surface area contributed by atoms with Gasteiger partial charge in [0.25, 0.3) is 0.564 Å². The fourth-order valence-electron chi connectivity index (χ4n) is 2.19. The third-order valence-electron chi connectivity index (χ3n) is 3.35. The molecule has 0 aromatic rings. The molecule has 0 aliphatic carbocycles. The molecule has 0 spiro atoms. The molecule has 0 unspecified atom stereocenters. The molecule has 0 radical (unpaired) electrons. The second-order valence-corrected chi connectivity index (χ2v) is 42.8. The fraction of sp³-hybridized carbons (Fsp3) is 0.875. The van der Waals surface area contributed by atoms with E-state index in [9.17, 15) is 0 Å². The number of ether oxygens (including phenoxy) is 1. The van der Waals surface area contributed by atoms with Crippen LogP contribution in [-0.4, -0.2) is 13.8 Å². The van der Waals surface area contributed by atoms with Crippen LogP contribution in [0.2, 0.25) is 6.04 Å². The Kier molecular flexibility index (Phi) is 17.2. The molecule has 5 heteroatoms. The second kappa shape index (κ2) is 15.6. The van der Waals surface area contributed by atoms with Crippen LogP contribution in [0.15, 0.2) is 12.2 Å². The Hall–Kier alpha value is 2.11. The van der Waals surface area contributed by atoms with Crippen molar-refractivity contribution in [2.75, 3.05) is 13.2 Å². The number of unbranched alkanes of at least 4 members (excludes halogenated alkanes) is 9. The van der Waals surface area contributed by atoms with Crippen LogP contribution in [-0.2, 0) is 4.74 Å². The molecule has 0 bridgehead atoms. The summed E-state index contributed by atoms with van der Waals surface area (Å²) in [4.78, 5) is 0. The van der Waals surface area contributed by atoms with Crippen molar-refractivity contribution in [3.05, 3.63) is 12.2 Å². The van der Waals surface area contributed by atoms with E-state index in [1.54, 1.807) is 0 Å². The van der Waals surface area contributed by atoms with Gasteiger partial charge in [0.05, 0.1) is 6.61 Å². The number of halogens is 3. The van der Waals surface area contributed by atoms with E-state index in [0.717, 1.165) is 18.8 Å². The van der Waals surface area contributed by atoms with Gasteiger partial charge in [0.15, 0.2) is 0 Å². The summed E-state index contributed by atoms with van der Waals surface area (Å²) in [7, 11) is 0.